The Morgan fingerprint density at radius 3 is 2.71 bits per heavy atom. The molecular formula is C11H8N2O4. The van der Waals surface area contributed by atoms with E-state index in [2.05, 4.69) is 10.2 Å². The maximum atomic E-state index is 11.6. The second-order valence-corrected chi connectivity index (χ2v) is 3.57. The van der Waals surface area contributed by atoms with Gasteiger partial charge in [-0.05, 0) is 17.7 Å². The molecule has 0 spiro atoms. The normalized spacial score (nSPS) is 12.7. The van der Waals surface area contributed by atoms with Gasteiger partial charge in [-0.3, -0.25) is 19.8 Å². The van der Waals surface area contributed by atoms with Crippen LogP contribution in [0.5, 0.6) is 11.5 Å². The summed E-state index contributed by atoms with van der Waals surface area (Å²) in [4.78, 5) is 22.7. The summed E-state index contributed by atoms with van der Waals surface area (Å²) < 4.78 is 10.4. The zero-order chi connectivity index (χ0) is 11.8. The van der Waals surface area contributed by atoms with Crippen LogP contribution < -0.4 is 20.6 Å². The lowest BCUT2D eigenvalue weighted by Crippen LogP contribution is -2.19. The monoisotopic (exact) mass is 232 g/mol. The highest BCUT2D eigenvalue weighted by Crippen LogP contribution is 2.34. The van der Waals surface area contributed by atoms with Gasteiger partial charge in [0.15, 0.2) is 11.5 Å². The fourth-order valence-electron chi connectivity index (χ4n) is 1.70. The molecule has 1 aromatic heterocycles. The number of aromatic amines is 2. The standard InChI is InChI=1S/C11H8N2O4/c14-10-4-7(11(15)13-12-10)6-1-2-8-9(3-6)17-5-16-8/h1-4H,5H2,(H,12,14)(H,13,15). The molecule has 0 unspecified atom stereocenters. The molecule has 17 heavy (non-hydrogen) atoms. The van der Waals surface area contributed by atoms with Crippen LogP contribution >= 0.6 is 0 Å². The highest BCUT2D eigenvalue weighted by Gasteiger charge is 2.15. The molecule has 2 aromatic rings. The van der Waals surface area contributed by atoms with Crippen LogP contribution in [0.25, 0.3) is 11.1 Å². The van der Waals surface area contributed by atoms with E-state index in [1.807, 2.05) is 0 Å². The van der Waals surface area contributed by atoms with Gasteiger partial charge in [-0.15, -0.1) is 0 Å². The summed E-state index contributed by atoms with van der Waals surface area (Å²) in [6, 6.07) is 6.33. The van der Waals surface area contributed by atoms with Crippen LogP contribution in [0.15, 0.2) is 33.9 Å². The molecule has 0 saturated heterocycles. The predicted octanol–water partition coefficient (Wildman–Crippen LogP) is 0.459. The molecule has 0 radical (unpaired) electrons. The van der Waals surface area contributed by atoms with E-state index >= 15 is 0 Å². The van der Waals surface area contributed by atoms with Gasteiger partial charge in [0.25, 0.3) is 11.1 Å². The Hall–Kier alpha value is -2.50. The second-order valence-electron chi connectivity index (χ2n) is 3.57. The Morgan fingerprint density at radius 2 is 1.82 bits per heavy atom. The molecule has 1 aliphatic rings. The van der Waals surface area contributed by atoms with Crippen molar-refractivity contribution in [2.45, 2.75) is 0 Å². The van der Waals surface area contributed by atoms with Gasteiger partial charge in [-0.1, -0.05) is 6.07 Å². The number of hydrogen-bond donors (Lipinski definition) is 2. The van der Waals surface area contributed by atoms with Gasteiger partial charge in [0.1, 0.15) is 0 Å². The molecule has 1 aliphatic heterocycles. The minimum atomic E-state index is -0.364. The van der Waals surface area contributed by atoms with Gasteiger partial charge in [0, 0.05) is 6.07 Å². The van der Waals surface area contributed by atoms with Crippen molar-refractivity contribution in [3.63, 3.8) is 0 Å². The van der Waals surface area contributed by atoms with E-state index in [4.69, 9.17) is 9.47 Å². The lowest BCUT2D eigenvalue weighted by molar-refractivity contribution is 0.174. The molecule has 3 rings (SSSR count). The number of ether oxygens (including phenoxy) is 2. The third-order valence-electron chi connectivity index (χ3n) is 2.50. The predicted molar refractivity (Wildman–Crippen MR) is 59.2 cm³/mol. The highest BCUT2D eigenvalue weighted by atomic mass is 16.7. The lowest BCUT2D eigenvalue weighted by atomic mass is 10.1. The van der Waals surface area contributed by atoms with Crippen molar-refractivity contribution in [1.82, 2.24) is 10.2 Å². The zero-order valence-corrected chi connectivity index (χ0v) is 8.65. The van der Waals surface area contributed by atoms with Crippen LogP contribution in [0.4, 0.5) is 0 Å². The summed E-state index contributed by atoms with van der Waals surface area (Å²) in [5, 5.41) is 4.48. The molecule has 2 heterocycles. The largest absolute Gasteiger partial charge is 0.454 e. The first-order valence-electron chi connectivity index (χ1n) is 4.96. The third-order valence-corrected chi connectivity index (χ3v) is 2.50. The van der Waals surface area contributed by atoms with Gasteiger partial charge >= 0.3 is 0 Å². The fourth-order valence-corrected chi connectivity index (χ4v) is 1.70. The van der Waals surface area contributed by atoms with E-state index in [0.29, 0.717) is 22.6 Å². The summed E-state index contributed by atoms with van der Waals surface area (Å²) in [5.74, 6) is 1.21. The number of hydrogen-bond acceptors (Lipinski definition) is 4. The third kappa shape index (κ3) is 1.59. The Balaban J connectivity index is 2.19. The average Bonchev–Trinajstić information content (AvgIpc) is 2.79. The van der Waals surface area contributed by atoms with E-state index in [9.17, 15) is 9.59 Å². The van der Waals surface area contributed by atoms with Crippen LogP contribution in [-0.2, 0) is 0 Å². The smallest absolute Gasteiger partial charge is 0.270 e. The van der Waals surface area contributed by atoms with Crippen LogP contribution in [0.3, 0.4) is 0 Å². The number of aromatic nitrogens is 2. The van der Waals surface area contributed by atoms with Gasteiger partial charge < -0.3 is 9.47 Å². The molecule has 2 N–H and O–H groups in total. The minimum absolute atomic E-state index is 0.171. The highest BCUT2D eigenvalue weighted by molar-refractivity contribution is 5.66. The molecule has 0 aliphatic carbocycles. The van der Waals surface area contributed by atoms with Crippen LogP contribution in [0, 0.1) is 0 Å². The molecule has 0 fully saturated rings. The zero-order valence-electron chi connectivity index (χ0n) is 8.65. The summed E-state index contributed by atoms with van der Waals surface area (Å²) in [6.45, 7) is 0.171. The molecule has 1 aromatic carbocycles. The lowest BCUT2D eigenvalue weighted by Gasteiger charge is -2.01. The molecule has 0 saturated carbocycles. The Bertz CT molecular complexity index is 686. The van der Waals surface area contributed by atoms with E-state index in [0.717, 1.165) is 0 Å². The van der Waals surface area contributed by atoms with E-state index in [-0.39, 0.29) is 17.9 Å². The molecule has 6 nitrogen and oxygen atoms in total. The SMILES string of the molecule is O=c1cc(-c2ccc3c(c2)OCO3)c(=O)[nH][nH]1. The van der Waals surface area contributed by atoms with E-state index in [1.54, 1.807) is 18.2 Å². The fraction of sp³-hybridized carbons (Fsp3) is 0.0909. The molecule has 0 atom stereocenters. The van der Waals surface area contributed by atoms with Crippen molar-refractivity contribution in [3.05, 3.63) is 45.0 Å². The first kappa shape index (κ1) is 9.71. The average molecular weight is 232 g/mol. The van der Waals surface area contributed by atoms with Crippen molar-refractivity contribution in [3.8, 4) is 22.6 Å². The van der Waals surface area contributed by atoms with Gasteiger partial charge in [-0.25, -0.2) is 0 Å². The molecule has 0 amide bonds. The van der Waals surface area contributed by atoms with Crippen molar-refractivity contribution < 1.29 is 9.47 Å². The Labute approximate surface area is 94.8 Å². The first-order chi connectivity index (χ1) is 8.24. The van der Waals surface area contributed by atoms with Crippen LogP contribution in [0.2, 0.25) is 0 Å². The van der Waals surface area contributed by atoms with E-state index < -0.39 is 0 Å². The topological polar surface area (TPSA) is 84.2 Å². The second kappa shape index (κ2) is 3.51. The summed E-state index contributed by atoms with van der Waals surface area (Å²) in [7, 11) is 0. The van der Waals surface area contributed by atoms with Gasteiger partial charge in [0.2, 0.25) is 6.79 Å². The van der Waals surface area contributed by atoms with Gasteiger partial charge in [0.05, 0.1) is 5.56 Å². The molecule has 86 valence electrons. The quantitative estimate of drug-likeness (QED) is 0.748. The van der Waals surface area contributed by atoms with E-state index in [1.165, 1.54) is 6.07 Å². The van der Waals surface area contributed by atoms with Crippen molar-refractivity contribution in [2.75, 3.05) is 6.79 Å². The first-order valence-corrected chi connectivity index (χ1v) is 4.96. The molecular weight excluding hydrogens is 224 g/mol. The van der Waals surface area contributed by atoms with Crippen molar-refractivity contribution in [1.29, 1.82) is 0 Å². The number of benzene rings is 1. The number of rotatable bonds is 1. The number of fused-ring (bicyclic) bond motifs is 1. The number of nitrogens with one attached hydrogen (secondary N) is 2. The molecule has 0 bridgehead atoms. The van der Waals surface area contributed by atoms with Crippen LogP contribution in [-0.4, -0.2) is 17.0 Å². The maximum absolute atomic E-state index is 11.6. The van der Waals surface area contributed by atoms with Crippen LogP contribution in [0.1, 0.15) is 0 Å². The Kier molecular flexibility index (Phi) is 2.01. The minimum Gasteiger partial charge on any atom is -0.454 e. The van der Waals surface area contributed by atoms with Gasteiger partial charge in [-0.2, -0.15) is 0 Å². The summed E-state index contributed by atoms with van der Waals surface area (Å²) in [6.07, 6.45) is 0. The number of H-pyrrole nitrogens is 2. The van der Waals surface area contributed by atoms with Crippen molar-refractivity contribution in [2.24, 2.45) is 0 Å². The maximum Gasteiger partial charge on any atom is 0.270 e. The molecule has 6 heteroatoms. The van der Waals surface area contributed by atoms with Crippen molar-refractivity contribution >= 4 is 0 Å². The summed E-state index contributed by atoms with van der Waals surface area (Å²) in [5.41, 5.74) is 0.189. The Morgan fingerprint density at radius 1 is 1.00 bits per heavy atom. The summed E-state index contributed by atoms with van der Waals surface area (Å²) >= 11 is 0.